The number of benzene rings is 2. The van der Waals surface area contributed by atoms with Crippen molar-refractivity contribution in [1.82, 2.24) is 4.98 Å². The van der Waals surface area contributed by atoms with Crippen LogP contribution in [0.15, 0.2) is 58.3 Å². The van der Waals surface area contributed by atoms with Crippen LogP contribution in [0.1, 0.15) is 10.4 Å². The van der Waals surface area contributed by atoms with Crippen molar-refractivity contribution in [3.05, 3.63) is 59.5 Å². The van der Waals surface area contributed by atoms with Crippen LogP contribution in [0.2, 0.25) is 0 Å². The summed E-state index contributed by atoms with van der Waals surface area (Å²) in [6, 6.07) is 14.7. The van der Waals surface area contributed by atoms with E-state index in [9.17, 15) is 4.79 Å². The molecule has 27 heavy (non-hydrogen) atoms. The molecule has 0 spiro atoms. The van der Waals surface area contributed by atoms with E-state index in [2.05, 4.69) is 10.3 Å². The van der Waals surface area contributed by atoms with Gasteiger partial charge in [0, 0.05) is 22.4 Å². The minimum atomic E-state index is -0.294. The third kappa shape index (κ3) is 3.50. The van der Waals surface area contributed by atoms with Crippen molar-refractivity contribution in [2.75, 3.05) is 19.5 Å². The molecule has 4 rings (SSSR count). The molecular weight excluding hydrogens is 364 g/mol. The van der Waals surface area contributed by atoms with Gasteiger partial charge in [0.1, 0.15) is 22.8 Å². The van der Waals surface area contributed by atoms with Gasteiger partial charge in [-0.2, -0.15) is 0 Å². The number of methoxy groups -OCH3 is 2. The van der Waals surface area contributed by atoms with Crippen molar-refractivity contribution in [3.63, 3.8) is 0 Å². The number of nitrogens with one attached hydrogen (secondary N) is 1. The molecule has 0 aliphatic carbocycles. The van der Waals surface area contributed by atoms with E-state index in [0.29, 0.717) is 33.6 Å². The van der Waals surface area contributed by atoms with Crippen molar-refractivity contribution < 1.29 is 18.7 Å². The molecule has 7 heteroatoms. The van der Waals surface area contributed by atoms with Crippen LogP contribution in [0.5, 0.6) is 11.5 Å². The number of ether oxygens (including phenoxy) is 2. The number of hydrogen-bond donors (Lipinski definition) is 1. The Hall–Kier alpha value is -3.32. The highest BCUT2D eigenvalue weighted by Crippen LogP contribution is 2.30. The van der Waals surface area contributed by atoms with Gasteiger partial charge in [-0.1, -0.05) is 18.2 Å². The number of fused-ring (bicyclic) bond motifs is 1. The van der Waals surface area contributed by atoms with E-state index in [4.69, 9.17) is 13.9 Å². The maximum atomic E-state index is 12.6. The molecule has 0 fully saturated rings. The van der Waals surface area contributed by atoms with Crippen LogP contribution in [0.4, 0.5) is 5.13 Å². The van der Waals surface area contributed by atoms with Crippen molar-refractivity contribution in [2.24, 2.45) is 0 Å². The fourth-order valence-electron chi connectivity index (χ4n) is 2.66. The average molecular weight is 380 g/mol. The predicted molar refractivity (Wildman–Crippen MR) is 105 cm³/mol. The number of anilines is 1. The summed E-state index contributed by atoms with van der Waals surface area (Å²) < 4.78 is 16.2. The largest absolute Gasteiger partial charge is 0.497 e. The molecule has 0 atom stereocenters. The first-order chi connectivity index (χ1) is 13.2. The molecule has 0 bridgehead atoms. The number of carbonyl (C=O) groups excluding carboxylic acids is 1. The molecule has 2 aromatic carbocycles. The molecule has 0 aliphatic rings. The first kappa shape index (κ1) is 17.1. The summed E-state index contributed by atoms with van der Waals surface area (Å²) in [4.78, 5) is 17.0. The summed E-state index contributed by atoms with van der Waals surface area (Å²) in [6.45, 7) is 0. The van der Waals surface area contributed by atoms with Crippen molar-refractivity contribution in [2.45, 2.75) is 0 Å². The second kappa shape index (κ2) is 7.13. The van der Waals surface area contributed by atoms with Gasteiger partial charge in [0.2, 0.25) is 0 Å². The summed E-state index contributed by atoms with van der Waals surface area (Å²) in [6.07, 6.45) is 0. The van der Waals surface area contributed by atoms with Crippen LogP contribution < -0.4 is 14.8 Å². The minimum Gasteiger partial charge on any atom is -0.497 e. The summed E-state index contributed by atoms with van der Waals surface area (Å²) in [7, 11) is 3.08. The number of carbonyl (C=O) groups is 1. The normalized spacial score (nSPS) is 10.7. The Morgan fingerprint density at radius 3 is 2.52 bits per heavy atom. The van der Waals surface area contributed by atoms with Gasteiger partial charge in [0.15, 0.2) is 10.9 Å². The monoisotopic (exact) mass is 380 g/mol. The lowest BCUT2D eigenvalue weighted by Gasteiger charge is -2.08. The smallest absolute Gasteiger partial charge is 0.257 e. The molecular formula is C20H16N2O4S. The van der Waals surface area contributed by atoms with Crippen LogP contribution in [0.25, 0.3) is 22.4 Å². The number of nitrogens with zero attached hydrogens (tertiary/aromatic N) is 1. The van der Waals surface area contributed by atoms with E-state index in [1.54, 1.807) is 18.2 Å². The maximum Gasteiger partial charge on any atom is 0.257 e. The van der Waals surface area contributed by atoms with Gasteiger partial charge in [-0.3, -0.25) is 10.1 Å². The van der Waals surface area contributed by atoms with Gasteiger partial charge >= 0.3 is 0 Å². The predicted octanol–water partition coefficient (Wildman–Crippen LogP) is 4.83. The van der Waals surface area contributed by atoms with Gasteiger partial charge < -0.3 is 13.9 Å². The third-order valence-corrected chi connectivity index (χ3v) is 4.77. The maximum absolute atomic E-state index is 12.6. The molecule has 1 N–H and O–H groups in total. The van der Waals surface area contributed by atoms with Crippen molar-refractivity contribution in [3.8, 4) is 23.0 Å². The highest BCUT2D eigenvalue weighted by molar-refractivity contribution is 7.14. The van der Waals surface area contributed by atoms with Gasteiger partial charge in [-0.05, 0) is 24.3 Å². The Morgan fingerprint density at radius 1 is 1.07 bits per heavy atom. The molecule has 4 aromatic rings. The SMILES string of the molecule is COc1cc(OC)cc(C(=O)Nc2nc(-c3cc4ccccc4o3)cs2)c1. The van der Waals surface area contributed by atoms with E-state index in [0.717, 1.165) is 11.0 Å². The van der Waals surface area contributed by atoms with Gasteiger partial charge in [0.05, 0.1) is 14.2 Å². The third-order valence-electron chi connectivity index (χ3n) is 4.02. The summed E-state index contributed by atoms with van der Waals surface area (Å²) in [5.41, 5.74) is 1.90. The molecule has 6 nitrogen and oxygen atoms in total. The van der Waals surface area contributed by atoms with Gasteiger partial charge in [-0.25, -0.2) is 4.98 Å². The molecule has 0 saturated carbocycles. The number of aromatic nitrogens is 1. The fourth-order valence-corrected chi connectivity index (χ4v) is 3.36. The van der Waals surface area contributed by atoms with Gasteiger partial charge in [0.25, 0.3) is 5.91 Å². The number of rotatable bonds is 5. The standard InChI is InChI=1S/C20H16N2O4S/c1-24-14-7-13(8-15(10-14)25-2)19(23)22-20-21-16(11-27-20)18-9-12-5-3-4-6-17(12)26-18/h3-11H,1-2H3,(H,21,22,23). The lowest BCUT2D eigenvalue weighted by molar-refractivity contribution is 0.102. The molecule has 2 heterocycles. The second-order valence-corrected chi connectivity index (χ2v) is 6.60. The Kier molecular flexibility index (Phi) is 4.52. The lowest BCUT2D eigenvalue weighted by Crippen LogP contribution is -2.12. The van der Waals surface area contributed by atoms with Gasteiger partial charge in [-0.15, -0.1) is 11.3 Å². The number of hydrogen-bond acceptors (Lipinski definition) is 6. The summed E-state index contributed by atoms with van der Waals surface area (Å²) >= 11 is 1.33. The van der Waals surface area contributed by atoms with Crippen molar-refractivity contribution in [1.29, 1.82) is 0 Å². The number of furan rings is 1. The Balaban J connectivity index is 1.56. The molecule has 0 unspecified atom stereocenters. The number of thiazole rings is 1. The van der Waals surface area contributed by atoms with Crippen LogP contribution in [-0.2, 0) is 0 Å². The van der Waals surface area contributed by atoms with Crippen molar-refractivity contribution >= 4 is 33.3 Å². The first-order valence-electron chi connectivity index (χ1n) is 8.15. The Morgan fingerprint density at radius 2 is 1.81 bits per heavy atom. The highest BCUT2D eigenvalue weighted by atomic mass is 32.1. The molecule has 0 saturated heterocycles. The lowest BCUT2D eigenvalue weighted by atomic mass is 10.2. The zero-order valence-corrected chi connectivity index (χ0v) is 15.5. The molecule has 136 valence electrons. The van der Waals surface area contributed by atoms with Crippen LogP contribution >= 0.6 is 11.3 Å². The molecule has 2 aromatic heterocycles. The number of para-hydroxylation sites is 1. The van der Waals surface area contributed by atoms with Crippen LogP contribution in [0, 0.1) is 0 Å². The van der Waals surface area contributed by atoms with E-state index >= 15 is 0 Å². The fraction of sp³-hybridized carbons (Fsp3) is 0.100. The van der Waals surface area contributed by atoms with E-state index in [-0.39, 0.29) is 5.91 Å². The zero-order valence-electron chi connectivity index (χ0n) is 14.7. The Labute approximate surface area is 159 Å². The average Bonchev–Trinajstić information content (AvgIpc) is 3.34. The number of amides is 1. The minimum absolute atomic E-state index is 0.294. The first-order valence-corrected chi connectivity index (χ1v) is 9.03. The molecule has 1 amide bonds. The quantitative estimate of drug-likeness (QED) is 0.537. The molecule has 0 aliphatic heterocycles. The topological polar surface area (TPSA) is 73.6 Å². The van der Waals surface area contributed by atoms with E-state index in [1.807, 2.05) is 35.7 Å². The van der Waals surface area contributed by atoms with Crippen LogP contribution in [0.3, 0.4) is 0 Å². The summed E-state index contributed by atoms with van der Waals surface area (Å²) in [5.74, 6) is 1.46. The van der Waals surface area contributed by atoms with E-state index < -0.39 is 0 Å². The van der Waals surface area contributed by atoms with E-state index in [1.165, 1.54) is 25.6 Å². The highest BCUT2D eigenvalue weighted by Gasteiger charge is 2.14. The summed E-state index contributed by atoms with van der Waals surface area (Å²) in [5, 5.41) is 6.14. The Bertz CT molecular complexity index is 1060. The second-order valence-electron chi connectivity index (χ2n) is 5.74. The molecule has 0 radical (unpaired) electrons. The van der Waals surface area contributed by atoms with Crippen LogP contribution in [-0.4, -0.2) is 25.1 Å². The zero-order chi connectivity index (χ0) is 18.8.